The van der Waals surface area contributed by atoms with E-state index in [1.807, 2.05) is 0 Å². The number of aromatic nitrogens is 1. The van der Waals surface area contributed by atoms with E-state index in [1.54, 1.807) is 11.0 Å². The lowest BCUT2D eigenvalue weighted by molar-refractivity contribution is -0.133. The van der Waals surface area contributed by atoms with E-state index in [-0.39, 0.29) is 17.9 Å². The van der Waals surface area contributed by atoms with E-state index >= 15 is 0 Å². The van der Waals surface area contributed by atoms with Crippen LogP contribution in [0.4, 0.5) is 0 Å². The Hall–Kier alpha value is -1.89. The number of rotatable bonds is 4. The summed E-state index contributed by atoms with van der Waals surface area (Å²) in [5.74, 6) is 0.620. The van der Waals surface area contributed by atoms with Crippen LogP contribution in [0.25, 0.3) is 0 Å². The molecule has 0 aromatic carbocycles. The van der Waals surface area contributed by atoms with Crippen LogP contribution in [-0.2, 0) is 4.79 Å². The predicted molar refractivity (Wildman–Crippen MR) is 68.0 cm³/mol. The van der Waals surface area contributed by atoms with E-state index in [4.69, 9.17) is 9.63 Å². The van der Waals surface area contributed by atoms with Crippen molar-refractivity contribution in [1.82, 2.24) is 15.4 Å². The van der Waals surface area contributed by atoms with Crippen LogP contribution in [0.3, 0.4) is 0 Å². The second-order valence-electron chi connectivity index (χ2n) is 5.35. The SMILES string of the molecule is O=C(N[C@@H]1CCN(C(=O)CO)C1)c1cc(C2CC2)on1. The second-order valence-corrected chi connectivity index (χ2v) is 5.35. The molecule has 2 amide bonds. The zero-order valence-corrected chi connectivity index (χ0v) is 11.0. The number of aliphatic hydroxyl groups is 1. The summed E-state index contributed by atoms with van der Waals surface area (Å²) in [6.45, 7) is 0.490. The summed E-state index contributed by atoms with van der Waals surface area (Å²) in [4.78, 5) is 24.9. The lowest BCUT2D eigenvalue weighted by Crippen LogP contribution is -2.39. The number of nitrogens with one attached hydrogen (secondary N) is 1. The molecule has 2 fully saturated rings. The Labute approximate surface area is 115 Å². The minimum atomic E-state index is -0.491. The van der Waals surface area contributed by atoms with Gasteiger partial charge in [0.2, 0.25) is 5.91 Å². The van der Waals surface area contributed by atoms with Gasteiger partial charge >= 0.3 is 0 Å². The van der Waals surface area contributed by atoms with Gasteiger partial charge in [-0.15, -0.1) is 0 Å². The molecule has 3 rings (SSSR count). The van der Waals surface area contributed by atoms with Crippen LogP contribution in [-0.4, -0.2) is 52.7 Å². The van der Waals surface area contributed by atoms with Gasteiger partial charge in [0.05, 0.1) is 0 Å². The third-order valence-corrected chi connectivity index (χ3v) is 3.75. The van der Waals surface area contributed by atoms with Gasteiger partial charge in [-0.05, 0) is 19.3 Å². The van der Waals surface area contributed by atoms with Gasteiger partial charge in [-0.25, -0.2) is 0 Å². The van der Waals surface area contributed by atoms with Gasteiger partial charge in [0.1, 0.15) is 12.4 Å². The van der Waals surface area contributed by atoms with Crippen molar-refractivity contribution in [2.24, 2.45) is 0 Å². The minimum Gasteiger partial charge on any atom is -0.387 e. The number of amides is 2. The second kappa shape index (κ2) is 5.24. The van der Waals surface area contributed by atoms with Gasteiger partial charge in [-0.3, -0.25) is 9.59 Å². The summed E-state index contributed by atoms with van der Waals surface area (Å²) in [7, 11) is 0. The largest absolute Gasteiger partial charge is 0.387 e. The first kappa shape index (κ1) is 13.1. The van der Waals surface area contributed by atoms with Crippen LogP contribution in [0.5, 0.6) is 0 Å². The Morgan fingerprint density at radius 1 is 1.45 bits per heavy atom. The van der Waals surface area contributed by atoms with Gasteiger partial charge in [-0.1, -0.05) is 5.16 Å². The molecule has 2 N–H and O–H groups in total. The average molecular weight is 279 g/mol. The van der Waals surface area contributed by atoms with Gasteiger partial charge in [-0.2, -0.15) is 0 Å². The van der Waals surface area contributed by atoms with E-state index in [2.05, 4.69) is 10.5 Å². The van der Waals surface area contributed by atoms with Crippen LogP contribution >= 0.6 is 0 Å². The number of aliphatic hydroxyl groups excluding tert-OH is 1. The van der Waals surface area contributed by atoms with Crippen molar-refractivity contribution in [3.8, 4) is 0 Å². The maximum absolute atomic E-state index is 12.0. The average Bonchev–Trinajstić information content (AvgIpc) is 3.01. The van der Waals surface area contributed by atoms with E-state index in [0.717, 1.165) is 18.6 Å². The van der Waals surface area contributed by atoms with Crippen molar-refractivity contribution < 1.29 is 19.2 Å². The lowest BCUT2D eigenvalue weighted by atomic mass is 10.2. The highest BCUT2D eigenvalue weighted by Crippen LogP contribution is 2.40. The Bertz CT molecular complexity index is 523. The first-order valence-electron chi connectivity index (χ1n) is 6.83. The molecular weight excluding hydrogens is 262 g/mol. The molecule has 2 heterocycles. The lowest BCUT2D eigenvalue weighted by Gasteiger charge is -2.15. The zero-order chi connectivity index (χ0) is 14.1. The van der Waals surface area contributed by atoms with Crippen LogP contribution in [0, 0.1) is 0 Å². The highest BCUT2D eigenvalue weighted by molar-refractivity contribution is 5.92. The van der Waals surface area contributed by atoms with Gasteiger partial charge in [0.25, 0.3) is 5.91 Å². The maximum Gasteiger partial charge on any atom is 0.273 e. The molecule has 1 saturated heterocycles. The molecule has 20 heavy (non-hydrogen) atoms. The first-order chi connectivity index (χ1) is 9.67. The maximum atomic E-state index is 12.0. The molecule has 1 aliphatic carbocycles. The molecule has 7 nitrogen and oxygen atoms in total. The molecule has 108 valence electrons. The number of carbonyl (C=O) groups excluding carboxylic acids is 2. The number of hydrogen-bond acceptors (Lipinski definition) is 5. The Morgan fingerprint density at radius 2 is 2.25 bits per heavy atom. The summed E-state index contributed by atoms with van der Waals surface area (Å²) in [5.41, 5.74) is 0.291. The normalized spacial score (nSPS) is 22.1. The Morgan fingerprint density at radius 3 is 2.95 bits per heavy atom. The third-order valence-electron chi connectivity index (χ3n) is 3.75. The minimum absolute atomic E-state index is 0.0981. The summed E-state index contributed by atoms with van der Waals surface area (Å²) >= 11 is 0. The molecule has 1 atom stereocenters. The molecule has 7 heteroatoms. The first-order valence-corrected chi connectivity index (χ1v) is 6.83. The summed E-state index contributed by atoms with van der Waals surface area (Å²) in [5, 5.41) is 15.4. The number of likely N-dealkylation sites (tertiary alicyclic amines) is 1. The van der Waals surface area contributed by atoms with Crippen LogP contribution in [0.2, 0.25) is 0 Å². The van der Waals surface area contributed by atoms with Crippen LogP contribution in [0.15, 0.2) is 10.6 Å². The number of nitrogens with zero attached hydrogens (tertiary/aromatic N) is 2. The molecule has 1 saturated carbocycles. The standard InChI is InChI=1S/C13H17N3O4/c17-7-12(18)16-4-3-9(6-16)14-13(19)10-5-11(20-15-10)8-1-2-8/h5,8-9,17H,1-4,6-7H2,(H,14,19)/t9-/m1/s1. The topological polar surface area (TPSA) is 95.7 Å². The number of carbonyl (C=O) groups is 2. The van der Waals surface area contributed by atoms with E-state index in [0.29, 0.717) is 31.1 Å². The van der Waals surface area contributed by atoms with E-state index < -0.39 is 6.61 Å². The van der Waals surface area contributed by atoms with Crippen molar-refractivity contribution in [3.05, 3.63) is 17.5 Å². The monoisotopic (exact) mass is 279 g/mol. The summed E-state index contributed by atoms with van der Waals surface area (Å²) in [6, 6.07) is 1.59. The van der Waals surface area contributed by atoms with Crippen LogP contribution < -0.4 is 5.32 Å². The fourth-order valence-corrected chi connectivity index (χ4v) is 2.42. The fourth-order valence-electron chi connectivity index (χ4n) is 2.42. The van der Waals surface area contributed by atoms with E-state index in [1.165, 1.54) is 0 Å². The molecule has 1 aliphatic heterocycles. The highest BCUT2D eigenvalue weighted by Gasteiger charge is 2.30. The molecular formula is C13H17N3O4. The molecule has 1 aromatic heterocycles. The van der Waals surface area contributed by atoms with Crippen molar-refractivity contribution in [1.29, 1.82) is 0 Å². The third kappa shape index (κ3) is 2.67. The van der Waals surface area contributed by atoms with Crippen molar-refractivity contribution in [2.45, 2.75) is 31.2 Å². The summed E-state index contributed by atoms with van der Waals surface area (Å²) < 4.78 is 5.14. The molecule has 1 aromatic rings. The zero-order valence-electron chi connectivity index (χ0n) is 11.0. The van der Waals surface area contributed by atoms with Crippen LogP contribution in [0.1, 0.15) is 41.4 Å². The van der Waals surface area contributed by atoms with Crippen molar-refractivity contribution in [2.75, 3.05) is 19.7 Å². The van der Waals surface area contributed by atoms with Crippen molar-refractivity contribution in [3.63, 3.8) is 0 Å². The van der Waals surface area contributed by atoms with Gasteiger partial charge in [0.15, 0.2) is 5.69 Å². The Balaban J connectivity index is 1.55. The van der Waals surface area contributed by atoms with E-state index in [9.17, 15) is 9.59 Å². The quantitative estimate of drug-likeness (QED) is 0.800. The molecule has 2 aliphatic rings. The summed E-state index contributed by atoms with van der Waals surface area (Å²) in [6.07, 6.45) is 2.87. The van der Waals surface area contributed by atoms with Gasteiger partial charge < -0.3 is 19.8 Å². The molecule has 0 spiro atoms. The Kier molecular flexibility index (Phi) is 3.43. The molecule has 0 bridgehead atoms. The molecule has 0 radical (unpaired) electrons. The van der Waals surface area contributed by atoms with Gasteiger partial charge in [0, 0.05) is 31.1 Å². The predicted octanol–water partition coefficient (Wildman–Crippen LogP) is -0.125. The van der Waals surface area contributed by atoms with Crippen molar-refractivity contribution >= 4 is 11.8 Å². The smallest absolute Gasteiger partial charge is 0.273 e. The highest BCUT2D eigenvalue weighted by atomic mass is 16.5. The fraction of sp³-hybridized carbons (Fsp3) is 0.615. The molecule has 0 unspecified atom stereocenters. The number of hydrogen-bond donors (Lipinski definition) is 2.